The summed E-state index contributed by atoms with van der Waals surface area (Å²) in [4.78, 5) is 19.4. The predicted molar refractivity (Wildman–Crippen MR) is 91.8 cm³/mol. The van der Waals surface area contributed by atoms with E-state index in [1.807, 2.05) is 4.90 Å². The first-order valence-corrected chi connectivity index (χ1v) is 9.07. The fourth-order valence-electron chi connectivity index (χ4n) is 3.85. The number of carbonyl (C=O) groups is 1. The molecule has 5 nitrogen and oxygen atoms in total. The van der Waals surface area contributed by atoms with Crippen LogP contribution < -0.4 is 0 Å². The highest BCUT2D eigenvalue weighted by Crippen LogP contribution is 2.21. The summed E-state index contributed by atoms with van der Waals surface area (Å²) in [5.74, 6) is 1.50. The fourth-order valence-corrected chi connectivity index (χ4v) is 3.85. The Hall–Kier alpha value is -1.12. The van der Waals surface area contributed by atoms with Gasteiger partial charge in [-0.2, -0.15) is 5.26 Å². The van der Waals surface area contributed by atoms with Crippen LogP contribution in [0.25, 0.3) is 0 Å². The maximum absolute atomic E-state index is 12.7. The van der Waals surface area contributed by atoms with E-state index in [1.165, 1.54) is 0 Å². The lowest BCUT2D eigenvalue weighted by Gasteiger charge is -2.39. The third-order valence-electron chi connectivity index (χ3n) is 5.03. The van der Waals surface area contributed by atoms with Gasteiger partial charge in [0, 0.05) is 39.3 Å². The van der Waals surface area contributed by atoms with Crippen molar-refractivity contribution in [2.75, 3.05) is 45.8 Å². The number of carbonyl (C=O) groups excluding carboxylic acids is 1. The average Bonchev–Trinajstić information content (AvgIpc) is 2.95. The fraction of sp³-hybridized carbons (Fsp3) is 0.889. The van der Waals surface area contributed by atoms with Crippen molar-refractivity contribution in [3.63, 3.8) is 0 Å². The highest BCUT2D eigenvalue weighted by atomic mass is 16.2. The molecule has 0 saturated carbocycles. The van der Waals surface area contributed by atoms with Gasteiger partial charge in [0.2, 0.25) is 5.91 Å². The summed E-state index contributed by atoms with van der Waals surface area (Å²) in [6, 6.07) is 2.38. The summed E-state index contributed by atoms with van der Waals surface area (Å²) in [5.41, 5.74) is 0. The molecule has 0 bridgehead atoms. The maximum atomic E-state index is 12.7. The zero-order valence-corrected chi connectivity index (χ0v) is 15.2. The van der Waals surface area contributed by atoms with Crippen molar-refractivity contribution in [1.29, 1.82) is 5.26 Å². The van der Waals surface area contributed by atoms with Crippen molar-refractivity contribution >= 4 is 5.91 Å². The van der Waals surface area contributed by atoms with Crippen LogP contribution in [0, 0.1) is 29.1 Å². The van der Waals surface area contributed by atoms with Gasteiger partial charge in [-0.3, -0.25) is 9.69 Å². The van der Waals surface area contributed by atoms with Crippen LogP contribution >= 0.6 is 0 Å². The minimum atomic E-state index is -0.0275. The molecule has 0 aromatic heterocycles. The molecule has 1 amide bonds. The Morgan fingerprint density at radius 3 is 2.30 bits per heavy atom. The van der Waals surface area contributed by atoms with Gasteiger partial charge in [-0.1, -0.05) is 27.7 Å². The van der Waals surface area contributed by atoms with Crippen LogP contribution in [0.2, 0.25) is 0 Å². The van der Waals surface area contributed by atoms with Gasteiger partial charge in [0.1, 0.15) is 6.04 Å². The Bertz CT molecular complexity index is 435. The van der Waals surface area contributed by atoms with Crippen molar-refractivity contribution < 1.29 is 4.79 Å². The zero-order valence-electron chi connectivity index (χ0n) is 15.2. The van der Waals surface area contributed by atoms with Crippen LogP contribution in [0.4, 0.5) is 0 Å². The molecular formula is C18H32N4O. The van der Waals surface area contributed by atoms with E-state index in [4.69, 9.17) is 0 Å². The van der Waals surface area contributed by atoms with Crippen molar-refractivity contribution in [3.05, 3.63) is 0 Å². The second-order valence-electron chi connectivity index (χ2n) is 7.82. The number of nitriles is 1. The number of hydrogen-bond donors (Lipinski definition) is 0. The quantitative estimate of drug-likeness (QED) is 0.773. The first-order valence-electron chi connectivity index (χ1n) is 9.07. The molecule has 0 aromatic rings. The number of rotatable bonds is 5. The first kappa shape index (κ1) is 18.2. The number of piperazine rings is 1. The monoisotopic (exact) mass is 320 g/mol. The van der Waals surface area contributed by atoms with Crippen LogP contribution in [-0.2, 0) is 4.79 Å². The summed E-state index contributed by atoms with van der Waals surface area (Å²) < 4.78 is 0. The van der Waals surface area contributed by atoms with Crippen LogP contribution in [0.5, 0.6) is 0 Å². The normalized spacial score (nSPS) is 25.1. The second-order valence-corrected chi connectivity index (χ2v) is 7.82. The molecule has 2 saturated heterocycles. The molecule has 2 aliphatic heterocycles. The van der Waals surface area contributed by atoms with Gasteiger partial charge in [0.25, 0.3) is 0 Å². The van der Waals surface area contributed by atoms with E-state index in [0.717, 1.165) is 52.2 Å². The lowest BCUT2D eigenvalue weighted by Crippen LogP contribution is -2.54. The molecule has 2 atom stereocenters. The molecule has 0 aromatic carbocycles. The van der Waals surface area contributed by atoms with Crippen LogP contribution in [0.15, 0.2) is 0 Å². The van der Waals surface area contributed by atoms with Crippen LogP contribution in [0.3, 0.4) is 0 Å². The molecule has 0 unspecified atom stereocenters. The van der Waals surface area contributed by atoms with E-state index < -0.39 is 0 Å². The zero-order chi connectivity index (χ0) is 17.0. The summed E-state index contributed by atoms with van der Waals surface area (Å²) >= 11 is 0. The summed E-state index contributed by atoms with van der Waals surface area (Å²) in [6.07, 6.45) is 0.999. The summed E-state index contributed by atoms with van der Waals surface area (Å²) in [6.45, 7) is 14.9. The Kier molecular flexibility index (Phi) is 6.43. The molecule has 0 N–H and O–H groups in total. The lowest BCUT2D eigenvalue weighted by atomic mass is 10.0. The number of amides is 1. The Labute approximate surface area is 141 Å². The van der Waals surface area contributed by atoms with E-state index >= 15 is 0 Å². The smallest absolute Gasteiger partial charge is 0.227 e. The number of likely N-dealkylation sites (tertiary alicyclic amines) is 1. The molecule has 2 heterocycles. The van der Waals surface area contributed by atoms with Crippen LogP contribution in [0.1, 0.15) is 34.1 Å². The number of hydrogen-bond acceptors (Lipinski definition) is 4. The minimum Gasteiger partial charge on any atom is -0.340 e. The largest absolute Gasteiger partial charge is 0.340 e. The first-order chi connectivity index (χ1) is 10.9. The van der Waals surface area contributed by atoms with Gasteiger partial charge in [0.15, 0.2) is 0 Å². The highest BCUT2D eigenvalue weighted by molar-refractivity contribution is 5.79. The second kappa shape index (κ2) is 8.12. The Morgan fingerprint density at radius 2 is 1.78 bits per heavy atom. The van der Waals surface area contributed by atoms with Gasteiger partial charge in [-0.25, -0.2) is 0 Å². The summed E-state index contributed by atoms with van der Waals surface area (Å²) in [5, 5.41) is 9.32. The topological polar surface area (TPSA) is 50.6 Å². The highest BCUT2D eigenvalue weighted by Gasteiger charge is 2.34. The molecule has 5 heteroatoms. The Morgan fingerprint density at radius 1 is 1.13 bits per heavy atom. The molecule has 23 heavy (non-hydrogen) atoms. The van der Waals surface area contributed by atoms with Crippen molar-refractivity contribution in [3.8, 4) is 6.07 Å². The van der Waals surface area contributed by atoms with E-state index in [1.54, 1.807) is 0 Å². The van der Waals surface area contributed by atoms with Gasteiger partial charge < -0.3 is 9.80 Å². The molecule has 2 aliphatic rings. The molecule has 2 fully saturated rings. The van der Waals surface area contributed by atoms with Crippen molar-refractivity contribution in [2.45, 2.75) is 40.2 Å². The molecule has 0 aliphatic carbocycles. The average molecular weight is 320 g/mol. The van der Waals surface area contributed by atoms with Crippen molar-refractivity contribution in [2.24, 2.45) is 17.8 Å². The van der Waals surface area contributed by atoms with Gasteiger partial charge in [0.05, 0.1) is 12.0 Å². The minimum absolute atomic E-state index is 0.0275. The van der Waals surface area contributed by atoms with E-state index in [0.29, 0.717) is 17.7 Å². The Balaban J connectivity index is 1.81. The van der Waals surface area contributed by atoms with Crippen LogP contribution in [-0.4, -0.2) is 72.5 Å². The lowest BCUT2D eigenvalue weighted by molar-refractivity contribution is -0.137. The standard InChI is InChI=1S/C18H32N4O/c1-14(2)12-20-6-5-16(13-20)18(23)22-9-7-21(8-10-22)17(11-19)15(3)4/h14-17H,5-10,12-13H2,1-4H3/t16-,17+/m0/s1. The molecule has 0 spiro atoms. The molecule has 130 valence electrons. The van der Waals surface area contributed by atoms with E-state index in [2.05, 4.69) is 43.6 Å². The summed E-state index contributed by atoms with van der Waals surface area (Å²) in [7, 11) is 0. The SMILES string of the molecule is CC(C)CN1CC[C@H](C(=O)N2CCN([C@H](C#N)C(C)C)CC2)C1. The van der Waals surface area contributed by atoms with Gasteiger partial charge in [-0.05, 0) is 24.8 Å². The van der Waals surface area contributed by atoms with Gasteiger partial charge >= 0.3 is 0 Å². The number of nitrogens with zero attached hydrogens (tertiary/aromatic N) is 4. The van der Waals surface area contributed by atoms with Crippen molar-refractivity contribution in [1.82, 2.24) is 14.7 Å². The van der Waals surface area contributed by atoms with Gasteiger partial charge in [-0.15, -0.1) is 0 Å². The molecule has 2 rings (SSSR count). The van der Waals surface area contributed by atoms with E-state index in [9.17, 15) is 10.1 Å². The van der Waals surface area contributed by atoms with E-state index in [-0.39, 0.29) is 12.0 Å². The third-order valence-corrected chi connectivity index (χ3v) is 5.03. The molecular weight excluding hydrogens is 288 g/mol. The molecule has 0 radical (unpaired) electrons. The third kappa shape index (κ3) is 4.68. The maximum Gasteiger partial charge on any atom is 0.227 e. The predicted octanol–water partition coefficient (Wildman–Crippen LogP) is 1.66.